The Morgan fingerprint density at radius 3 is 0.800 bits per heavy atom. The van der Waals surface area contributed by atoms with Gasteiger partial charge >= 0.3 is 24.3 Å². The average Bonchev–Trinajstić information content (AvgIpc) is 1.00. The van der Waals surface area contributed by atoms with Crippen molar-refractivity contribution < 1.29 is 24.3 Å². The maximum absolute atomic E-state index is 8.30. The quantitative estimate of drug-likeness (QED) is 0.557. The molecule has 0 aliphatic carbocycles. The van der Waals surface area contributed by atoms with E-state index in [9.17, 15) is 0 Å². The molecule has 0 radical (unpaired) electrons. The van der Waals surface area contributed by atoms with Crippen molar-refractivity contribution in [1.82, 2.24) is 0 Å². The van der Waals surface area contributed by atoms with Gasteiger partial charge in [0.1, 0.15) is 0 Å². The second-order valence-electron chi connectivity index (χ2n) is 0. The third kappa shape index (κ3) is 31.6. The summed E-state index contributed by atoms with van der Waals surface area (Å²) >= 11 is 0.500. The van der Waals surface area contributed by atoms with Crippen LogP contribution in [0.2, 0.25) is 0 Å². The molecule has 0 aromatic rings. The number of halogens is 3. The molecule has 0 saturated carbocycles. The van der Waals surface area contributed by atoms with Gasteiger partial charge in [-0.25, -0.2) is 0 Å². The molecule has 0 atom stereocenters. The van der Waals surface area contributed by atoms with Crippen LogP contribution in [0.1, 0.15) is 0 Å². The van der Waals surface area contributed by atoms with E-state index in [1.54, 1.807) is 0 Å². The fourth-order valence-electron chi connectivity index (χ4n) is 0. The number of hydrogen-bond donors (Lipinski definition) is 0. The molecule has 0 fully saturated rings. The van der Waals surface area contributed by atoms with Gasteiger partial charge in [0, 0.05) is 0 Å². The second-order valence-corrected chi connectivity index (χ2v) is 0. The number of hydrogen-bond acceptors (Lipinski definition) is 1. The first-order valence-electron chi connectivity index (χ1n) is 0.183. The molecule has 0 aliphatic heterocycles. The third-order valence-corrected chi connectivity index (χ3v) is 0. The summed E-state index contributed by atoms with van der Waals surface area (Å²) in [6, 6.07) is 0. The van der Waals surface area contributed by atoms with Crippen molar-refractivity contribution in [2.45, 2.75) is 0 Å². The first-order valence-corrected chi connectivity index (χ1v) is 1.08. The normalized spacial score (nSPS) is 0.600. The van der Waals surface area contributed by atoms with E-state index in [4.69, 9.17) is 3.25 Å². The minimum atomic E-state index is 0. The molecule has 35 valence electrons. The Morgan fingerprint density at radius 2 is 0.800 bits per heavy atom. The zero-order valence-electron chi connectivity index (χ0n) is 2.08. The molecule has 0 unspecified atom stereocenters. The predicted octanol–water partition coefficient (Wildman–Crippen LogP) is 1.14. The molecule has 0 N–H and O–H groups in total. The van der Waals surface area contributed by atoms with Crippen molar-refractivity contribution in [3.05, 3.63) is 0 Å². The van der Waals surface area contributed by atoms with Crippen LogP contribution in [0.5, 0.6) is 0 Å². The van der Waals surface area contributed by atoms with Crippen LogP contribution < -0.4 is 0 Å². The van der Waals surface area contributed by atoms with Crippen molar-refractivity contribution in [1.29, 1.82) is 0 Å². The van der Waals surface area contributed by atoms with Gasteiger partial charge in [-0.05, 0) is 0 Å². The van der Waals surface area contributed by atoms with Crippen LogP contribution >= 0.6 is 37.2 Å². The summed E-state index contributed by atoms with van der Waals surface area (Å²) in [4.78, 5) is 0. The van der Waals surface area contributed by atoms with E-state index in [1.165, 1.54) is 0 Å². The zero-order valence-corrected chi connectivity index (χ0v) is 6.73. The van der Waals surface area contributed by atoms with Crippen molar-refractivity contribution in [2.24, 2.45) is 0 Å². The van der Waals surface area contributed by atoms with Crippen LogP contribution in [0, 0.1) is 0 Å². The Kier molecular flexibility index (Phi) is 342. The van der Waals surface area contributed by atoms with Gasteiger partial charge < -0.3 is 0 Å². The van der Waals surface area contributed by atoms with Crippen molar-refractivity contribution in [2.75, 3.05) is 0 Å². The first-order chi connectivity index (χ1) is 1.00. The summed E-state index contributed by atoms with van der Waals surface area (Å²) in [6.07, 6.45) is 0. The third-order valence-electron chi connectivity index (χ3n) is 0. The summed E-state index contributed by atoms with van der Waals surface area (Å²) in [5.74, 6) is 0. The van der Waals surface area contributed by atoms with Gasteiger partial charge in [0.25, 0.3) is 0 Å². The molecular formula is H3Cl3NbO. The Balaban J connectivity index is -0.00000000167. The molecule has 0 aromatic carbocycles. The van der Waals surface area contributed by atoms with Gasteiger partial charge in [0.15, 0.2) is 0 Å². The van der Waals surface area contributed by atoms with Gasteiger partial charge in [-0.15, -0.1) is 37.2 Å². The van der Waals surface area contributed by atoms with E-state index in [0.717, 1.165) is 0 Å². The van der Waals surface area contributed by atoms with Crippen molar-refractivity contribution >= 4 is 37.2 Å². The van der Waals surface area contributed by atoms with E-state index < -0.39 is 0 Å². The molecule has 5 heavy (non-hydrogen) atoms. The van der Waals surface area contributed by atoms with Gasteiger partial charge in [-0.1, -0.05) is 0 Å². The van der Waals surface area contributed by atoms with Crippen LogP contribution in [0.15, 0.2) is 0 Å². The average molecular weight is 218 g/mol. The number of rotatable bonds is 0. The predicted molar refractivity (Wildman–Crippen MR) is 22.4 cm³/mol. The molecule has 0 aromatic heterocycles. The monoisotopic (exact) mass is 217 g/mol. The van der Waals surface area contributed by atoms with Gasteiger partial charge in [-0.2, -0.15) is 0 Å². The van der Waals surface area contributed by atoms with E-state index in [0.29, 0.717) is 21.0 Å². The summed E-state index contributed by atoms with van der Waals surface area (Å²) in [5.41, 5.74) is 0. The zero-order chi connectivity index (χ0) is 2.00. The van der Waals surface area contributed by atoms with Crippen LogP contribution in [-0.2, 0) is 24.3 Å². The molecule has 1 nitrogen and oxygen atoms in total. The Bertz CT molecular complexity index is 6.85. The van der Waals surface area contributed by atoms with Gasteiger partial charge in [-0.3, -0.25) is 0 Å². The Labute approximate surface area is 61.4 Å². The standard InChI is InChI=1S/3ClH.Nb.O/h3*1H;;. The maximum atomic E-state index is 8.30. The molecular weight excluding hydrogens is 215 g/mol. The Hall–Kier alpha value is 1.41. The fourth-order valence-corrected chi connectivity index (χ4v) is 0. The molecule has 0 saturated heterocycles. The summed E-state index contributed by atoms with van der Waals surface area (Å²) in [6.45, 7) is 0. The summed E-state index contributed by atoms with van der Waals surface area (Å²) in [5, 5.41) is 0. The van der Waals surface area contributed by atoms with E-state index >= 15 is 0 Å². The molecule has 0 amide bonds. The van der Waals surface area contributed by atoms with E-state index in [2.05, 4.69) is 0 Å². The van der Waals surface area contributed by atoms with Gasteiger partial charge in [0.2, 0.25) is 0 Å². The molecule has 0 bridgehead atoms. The second kappa shape index (κ2) is 52.9. The topological polar surface area (TPSA) is 17.1 Å². The van der Waals surface area contributed by atoms with Crippen LogP contribution in [0.4, 0.5) is 0 Å². The minimum absolute atomic E-state index is 0. The molecule has 0 heterocycles. The summed E-state index contributed by atoms with van der Waals surface area (Å²) in [7, 11) is 0. The summed E-state index contributed by atoms with van der Waals surface area (Å²) < 4.78 is 8.30. The Morgan fingerprint density at radius 1 is 0.800 bits per heavy atom. The van der Waals surface area contributed by atoms with Crippen LogP contribution in [-0.4, -0.2) is 0 Å². The SMILES string of the molecule is Cl.Cl.Cl.[O]=[Nb]. The molecule has 5 heteroatoms. The van der Waals surface area contributed by atoms with Crippen molar-refractivity contribution in [3.63, 3.8) is 0 Å². The van der Waals surface area contributed by atoms with Crippen LogP contribution in [0.3, 0.4) is 0 Å². The van der Waals surface area contributed by atoms with E-state index in [1.807, 2.05) is 0 Å². The van der Waals surface area contributed by atoms with E-state index in [-0.39, 0.29) is 37.2 Å². The molecule has 0 rings (SSSR count). The van der Waals surface area contributed by atoms with Crippen LogP contribution in [0.25, 0.3) is 0 Å². The first kappa shape index (κ1) is 32.3. The molecule has 0 aliphatic rings. The molecule has 0 spiro atoms. The van der Waals surface area contributed by atoms with Crippen molar-refractivity contribution in [3.8, 4) is 0 Å². The fraction of sp³-hybridized carbons (Fsp3) is 0. The van der Waals surface area contributed by atoms with Gasteiger partial charge in [0.05, 0.1) is 0 Å².